The lowest BCUT2D eigenvalue weighted by molar-refractivity contribution is -0.384. The van der Waals surface area contributed by atoms with Crippen molar-refractivity contribution in [3.05, 3.63) is 39.9 Å². The molecular weight excluding hydrogens is 260 g/mol. The van der Waals surface area contributed by atoms with Gasteiger partial charge in [0, 0.05) is 24.7 Å². The highest BCUT2D eigenvalue weighted by atomic mass is 16.6. The first kappa shape index (κ1) is 14.9. The number of ether oxygens (including phenoxy) is 2. The van der Waals surface area contributed by atoms with E-state index in [2.05, 4.69) is 12.2 Å². The first-order valence-corrected chi connectivity index (χ1v) is 6.87. The SMILES string of the molecule is CCC(NCC1COCCO1)c1cccc([N+](=O)[O-])c1. The maximum Gasteiger partial charge on any atom is 0.269 e. The lowest BCUT2D eigenvalue weighted by atomic mass is 10.0. The fraction of sp³-hybridized carbons (Fsp3) is 0.571. The van der Waals surface area contributed by atoms with Crippen LogP contribution in [0.2, 0.25) is 0 Å². The van der Waals surface area contributed by atoms with Gasteiger partial charge in [-0.15, -0.1) is 0 Å². The molecule has 20 heavy (non-hydrogen) atoms. The van der Waals surface area contributed by atoms with Gasteiger partial charge in [-0.3, -0.25) is 10.1 Å². The second-order valence-electron chi connectivity index (χ2n) is 4.79. The van der Waals surface area contributed by atoms with Gasteiger partial charge in [0.15, 0.2) is 0 Å². The molecule has 0 aromatic heterocycles. The van der Waals surface area contributed by atoms with E-state index in [0.717, 1.165) is 12.0 Å². The smallest absolute Gasteiger partial charge is 0.269 e. The number of nitro groups is 1. The van der Waals surface area contributed by atoms with Gasteiger partial charge in [-0.1, -0.05) is 19.1 Å². The molecule has 0 spiro atoms. The Kier molecular flexibility index (Phi) is 5.46. The highest BCUT2D eigenvalue weighted by molar-refractivity contribution is 5.35. The monoisotopic (exact) mass is 280 g/mol. The average molecular weight is 280 g/mol. The van der Waals surface area contributed by atoms with Crippen molar-refractivity contribution in [2.24, 2.45) is 0 Å². The van der Waals surface area contributed by atoms with Gasteiger partial charge >= 0.3 is 0 Å². The van der Waals surface area contributed by atoms with Crippen LogP contribution in [0.1, 0.15) is 24.9 Å². The Bertz CT molecular complexity index is 447. The zero-order chi connectivity index (χ0) is 14.4. The summed E-state index contributed by atoms with van der Waals surface area (Å²) in [5.74, 6) is 0. The van der Waals surface area contributed by atoms with E-state index in [9.17, 15) is 10.1 Å². The summed E-state index contributed by atoms with van der Waals surface area (Å²) in [6.45, 7) is 4.60. The van der Waals surface area contributed by atoms with E-state index >= 15 is 0 Å². The molecule has 0 saturated carbocycles. The van der Waals surface area contributed by atoms with E-state index < -0.39 is 0 Å². The average Bonchev–Trinajstić information content (AvgIpc) is 2.49. The third-order valence-electron chi connectivity index (χ3n) is 3.37. The van der Waals surface area contributed by atoms with Crippen LogP contribution in [-0.2, 0) is 9.47 Å². The highest BCUT2D eigenvalue weighted by Crippen LogP contribution is 2.21. The van der Waals surface area contributed by atoms with Gasteiger partial charge in [0.2, 0.25) is 0 Å². The molecule has 1 aliphatic heterocycles. The van der Waals surface area contributed by atoms with Gasteiger partial charge in [-0.05, 0) is 12.0 Å². The predicted molar refractivity (Wildman–Crippen MR) is 74.7 cm³/mol. The third-order valence-corrected chi connectivity index (χ3v) is 3.37. The number of hydrogen-bond donors (Lipinski definition) is 1. The third kappa shape index (κ3) is 4.00. The summed E-state index contributed by atoms with van der Waals surface area (Å²) in [4.78, 5) is 10.5. The summed E-state index contributed by atoms with van der Waals surface area (Å²) in [5.41, 5.74) is 1.05. The molecule has 0 aliphatic carbocycles. The lowest BCUT2D eigenvalue weighted by Gasteiger charge is -2.26. The Hall–Kier alpha value is -1.50. The number of non-ortho nitro benzene ring substituents is 1. The fourth-order valence-electron chi connectivity index (χ4n) is 2.28. The van der Waals surface area contributed by atoms with E-state index in [1.54, 1.807) is 12.1 Å². The molecule has 0 radical (unpaired) electrons. The van der Waals surface area contributed by atoms with E-state index in [4.69, 9.17) is 9.47 Å². The van der Waals surface area contributed by atoms with E-state index in [1.165, 1.54) is 6.07 Å². The van der Waals surface area contributed by atoms with Crippen LogP contribution in [0.3, 0.4) is 0 Å². The Balaban J connectivity index is 1.96. The van der Waals surface area contributed by atoms with E-state index in [0.29, 0.717) is 26.4 Å². The Labute approximate surface area is 118 Å². The predicted octanol–water partition coefficient (Wildman–Crippen LogP) is 2.05. The van der Waals surface area contributed by atoms with Gasteiger partial charge in [0.05, 0.1) is 30.8 Å². The van der Waals surface area contributed by atoms with Crippen LogP contribution in [0.25, 0.3) is 0 Å². The fourth-order valence-corrected chi connectivity index (χ4v) is 2.28. The minimum Gasteiger partial charge on any atom is -0.376 e. The first-order chi connectivity index (χ1) is 9.70. The van der Waals surface area contributed by atoms with Crippen LogP contribution in [-0.4, -0.2) is 37.4 Å². The molecule has 2 atom stereocenters. The van der Waals surface area contributed by atoms with Crippen molar-refractivity contribution in [3.8, 4) is 0 Å². The van der Waals surface area contributed by atoms with Crippen LogP contribution in [0.15, 0.2) is 24.3 Å². The summed E-state index contributed by atoms with van der Waals surface area (Å²) in [6, 6.07) is 6.85. The van der Waals surface area contributed by atoms with Gasteiger partial charge < -0.3 is 14.8 Å². The molecule has 2 rings (SSSR count). The number of rotatable bonds is 6. The number of nitrogens with zero attached hydrogens (tertiary/aromatic N) is 1. The molecule has 1 N–H and O–H groups in total. The van der Waals surface area contributed by atoms with Gasteiger partial charge in [0.25, 0.3) is 5.69 Å². The van der Waals surface area contributed by atoms with Crippen molar-refractivity contribution in [2.45, 2.75) is 25.5 Å². The van der Waals surface area contributed by atoms with Crippen LogP contribution in [0, 0.1) is 10.1 Å². The molecule has 1 aromatic rings. The molecule has 1 heterocycles. The molecule has 6 heteroatoms. The molecule has 2 unspecified atom stereocenters. The summed E-state index contributed by atoms with van der Waals surface area (Å²) >= 11 is 0. The topological polar surface area (TPSA) is 73.6 Å². The van der Waals surface area contributed by atoms with Crippen LogP contribution in [0.5, 0.6) is 0 Å². The Morgan fingerprint density at radius 1 is 1.50 bits per heavy atom. The second kappa shape index (κ2) is 7.33. The number of benzene rings is 1. The molecule has 1 aromatic carbocycles. The van der Waals surface area contributed by atoms with Crippen LogP contribution < -0.4 is 5.32 Å². The van der Waals surface area contributed by atoms with Crippen molar-refractivity contribution in [3.63, 3.8) is 0 Å². The normalized spacial score (nSPS) is 20.6. The molecular formula is C14H20N2O4. The minimum atomic E-state index is -0.367. The summed E-state index contributed by atoms with van der Waals surface area (Å²) in [6.07, 6.45) is 0.908. The van der Waals surface area contributed by atoms with Crippen molar-refractivity contribution in [1.82, 2.24) is 5.32 Å². The quantitative estimate of drug-likeness (QED) is 0.637. The molecule has 0 bridgehead atoms. The zero-order valence-electron chi connectivity index (χ0n) is 11.6. The zero-order valence-corrected chi connectivity index (χ0v) is 11.6. The Morgan fingerprint density at radius 2 is 2.35 bits per heavy atom. The van der Waals surface area contributed by atoms with Crippen molar-refractivity contribution < 1.29 is 14.4 Å². The first-order valence-electron chi connectivity index (χ1n) is 6.87. The number of nitro benzene ring substituents is 1. The summed E-state index contributed by atoms with van der Waals surface area (Å²) in [7, 11) is 0. The molecule has 1 fully saturated rings. The maximum absolute atomic E-state index is 10.8. The number of nitrogens with one attached hydrogen (secondary N) is 1. The highest BCUT2D eigenvalue weighted by Gasteiger charge is 2.18. The van der Waals surface area contributed by atoms with Crippen molar-refractivity contribution >= 4 is 5.69 Å². The molecule has 1 aliphatic rings. The second-order valence-corrected chi connectivity index (χ2v) is 4.79. The van der Waals surface area contributed by atoms with Crippen LogP contribution >= 0.6 is 0 Å². The van der Waals surface area contributed by atoms with Crippen molar-refractivity contribution in [2.75, 3.05) is 26.4 Å². The van der Waals surface area contributed by atoms with Gasteiger partial charge in [-0.25, -0.2) is 0 Å². The molecule has 0 amide bonds. The lowest BCUT2D eigenvalue weighted by Crippen LogP contribution is -2.38. The molecule has 6 nitrogen and oxygen atoms in total. The molecule has 1 saturated heterocycles. The van der Waals surface area contributed by atoms with Crippen molar-refractivity contribution in [1.29, 1.82) is 0 Å². The van der Waals surface area contributed by atoms with Gasteiger partial charge in [0.1, 0.15) is 0 Å². The van der Waals surface area contributed by atoms with E-state index in [-0.39, 0.29) is 22.8 Å². The summed E-state index contributed by atoms with van der Waals surface area (Å²) < 4.78 is 10.9. The van der Waals surface area contributed by atoms with Crippen LogP contribution in [0.4, 0.5) is 5.69 Å². The number of hydrogen-bond acceptors (Lipinski definition) is 5. The maximum atomic E-state index is 10.8. The summed E-state index contributed by atoms with van der Waals surface area (Å²) in [5, 5.41) is 14.2. The standard InChI is InChI=1S/C14H20N2O4/c1-2-14(15-9-13-10-19-6-7-20-13)11-4-3-5-12(8-11)16(17)18/h3-5,8,13-15H,2,6-7,9-10H2,1H3. The Morgan fingerprint density at radius 3 is 3.00 bits per heavy atom. The largest absolute Gasteiger partial charge is 0.376 e. The van der Waals surface area contributed by atoms with E-state index in [1.807, 2.05) is 6.07 Å². The molecule has 110 valence electrons. The van der Waals surface area contributed by atoms with Gasteiger partial charge in [-0.2, -0.15) is 0 Å². The minimum absolute atomic E-state index is 0.0523.